The number of hydrogen-bond donors (Lipinski definition) is 1. The number of amides is 1. The Balaban J connectivity index is 1.95. The average molecular weight is 249 g/mol. The van der Waals surface area contributed by atoms with Gasteiger partial charge in [0.05, 0.1) is 11.6 Å². The average Bonchev–Trinajstić information content (AvgIpc) is 2.94. The lowest BCUT2D eigenvalue weighted by Crippen LogP contribution is -2.28. The summed E-state index contributed by atoms with van der Waals surface area (Å²) < 4.78 is 1.66. The Morgan fingerprint density at radius 2 is 2.33 bits per heavy atom. The van der Waals surface area contributed by atoms with Gasteiger partial charge in [-0.1, -0.05) is 0 Å². The van der Waals surface area contributed by atoms with Crippen molar-refractivity contribution in [1.29, 1.82) is 0 Å². The maximum absolute atomic E-state index is 11.8. The van der Waals surface area contributed by atoms with E-state index in [4.69, 9.17) is 5.11 Å². The fourth-order valence-electron chi connectivity index (χ4n) is 1.97. The predicted molar refractivity (Wildman–Crippen MR) is 64.6 cm³/mol. The molecule has 0 bridgehead atoms. The van der Waals surface area contributed by atoms with Gasteiger partial charge in [0.2, 0.25) is 5.91 Å². The van der Waals surface area contributed by atoms with Gasteiger partial charge >= 0.3 is 5.97 Å². The van der Waals surface area contributed by atoms with Gasteiger partial charge in [0.1, 0.15) is 0 Å². The summed E-state index contributed by atoms with van der Waals surface area (Å²) in [6.45, 7) is 0.801. The van der Waals surface area contributed by atoms with Crippen LogP contribution in [0.5, 0.6) is 0 Å². The zero-order chi connectivity index (χ0) is 13.1. The normalized spacial score (nSPS) is 19.6. The molecular formula is C12H15N3O3. The number of likely N-dealkylation sites (tertiary alicyclic amines) is 1. The van der Waals surface area contributed by atoms with Gasteiger partial charge in [-0.05, 0) is 18.6 Å². The molecule has 96 valence electrons. The molecule has 0 aromatic carbocycles. The minimum absolute atomic E-state index is 0.153. The van der Waals surface area contributed by atoms with Crippen LogP contribution in [0.2, 0.25) is 0 Å². The summed E-state index contributed by atoms with van der Waals surface area (Å²) in [5.41, 5.74) is 0.831. The molecule has 1 aromatic rings. The van der Waals surface area contributed by atoms with Crippen molar-refractivity contribution in [1.82, 2.24) is 14.7 Å². The quantitative estimate of drug-likeness (QED) is 0.785. The van der Waals surface area contributed by atoms with Crippen LogP contribution < -0.4 is 0 Å². The summed E-state index contributed by atoms with van der Waals surface area (Å²) in [6.07, 6.45) is 5.33. The van der Waals surface area contributed by atoms with Crippen molar-refractivity contribution in [3.8, 4) is 0 Å². The second-order valence-electron chi connectivity index (χ2n) is 4.32. The van der Waals surface area contributed by atoms with Gasteiger partial charge in [-0.2, -0.15) is 5.10 Å². The largest absolute Gasteiger partial charge is 0.481 e. The Morgan fingerprint density at radius 3 is 2.89 bits per heavy atom. The minimum Gasteiger partial charge on any atom is -0.481 e. The lowest BCUT2D eigenvalue weighted by molar-refractivity contribution is -0.141. The molecule has 6 nitrogen and oxygen atoms in total. The second kappa shape index (κ2) is 5.03. The third kappa shape index (κ3) is 2.58. The number of aromatic nitrogens is 2. The van der Waals surface area contributed by atoms with E-state index in [9.17, 15) is 9.59 Å². The maximum Gasteiger partial charge on any atom is 0.308 e. The van der Waals surface area contributed by atoms with Gasteiger partial charge in [0.25, 0.3) is 0 Å². The van der Waals surface area contributed by atoms with Gasteiger partial charge in [-0.25, -0.2) is 0 Å². The molecule has 1 amide bonds. The van der Waals surface area contributed by atoms with Crippen LogP contribution in [-0.2, 0) is 16.6 Å². The van der Waals surface area contributed by atoms with Gasteiger partial charge in [-0.15, -0.1) is 0 Å². The summed E-state index contributed by atoms with van der Waals surface area (Å²) in [5.74, 6) is -1.42. The van der Waals surface area contributed by atoms with Crippen LogP contribution in [0.1, 0.15) is 12.1 Å². The van der Waals surface area contributed by atoms with Crippen LogP contribution in [0.15, 0.2) is 18.3 Å². The van der Waals surface area contributed by atoms with Crippen molar-refractivity contribution in [2.45, 2.75) is 6.42 Å². The number of nitrogens with zero attached hydrogens (tertiary/aromatic N) is 3. The molecule has 0 spiro atoms. The fourth-order valence-corrected chi connectivity index (χ4v) is 1.97. The Hall–Kier alpha value is -2.11. The minimum atomic E-state index is -0.832. The summed E-state index contributed by atoms with van der Waals surface area (Å²) in [4.78, 5) is 24.2. The van der Waals surface area contributed by atoms with Crippen molar-refractivity contribution >= 4 is 18.0 Å². The molecule has 1 N–H and O–H groups in total. The number of hydrogen-bond acceptors (Lipinski definition) is 3. The van der Waals surface area contributed by atoms with E-state index in [1.165, 1.54) is 6.08 Å². The molecule has 1 aromatic heterocycles. The highest BCUT2D eigenvalue weighted by atomic mass is 16.4. The van der Waals surface area contributed by atoms with E-state index in [-0.39, 0.29) is 5.91 Å². The highest BCUT2D eigenvalue weighted by Crippen LogP contribution is 2.16. The molecule has 1 atom stereocenters. The Bertz CT molecular complexity index is 493. The Kier molecular flexibility index (Phi) is 3.45. The van der Waals surface area contributed by atoms with Gasteiger partial charge in [0.15, 0.2) is 0 Å². The molecule has 1 unspecified atom stereocenters. The van der Waals surface area contributed by atoms with E-state index >= 15 is 0 Å². The highest BCUT2D eigenvalue weighted by Gasteiger charge is 2.29. The van der Waals surface area contributed by atoms with Crippen molar-refractivity contribution in [2.24, 2.45) is 13.0 Å². The first-order valence-corrected chi connectivity index (χ1v) is 5.75. The molecule has 18 heavy (non-hydrogen) atoms. The molecule has 1 fully saturated rings. The molecular weight excluding hydrogens is 234 g/mol. The number of aliphatic carboxylic acids is 1. The molecule has 0 aliphatic carbocycles. The zero-order valence-electron chi connectivity index (χ0n) is 10.1. The molecule has 1 aliphatic rings. The van der Waals surface area contributed by atoms with Crippen LogP contribution in [-0.4, -0.2) is 44.8 Å². The third-order valence-corrected chi connectivity index (χ3v) is 3.10. The van der Waals surface area contributed by atoms with Gasteiger partial charge in [0, 0.05) is 32.4 Å². The molecule has 2 rings (SSSR count). The van der Waals surface area contributed by atoms with Crippen LogP contribution >= 0.6 is 0 Å². The fraction of sp³-hybridized carbons (Fsp3) is 0.417. The number of carboxylic acids is 1. The lowest BCUT2D eigenvalue weighted by atomic mass is 10.1. The van der Waals surface area contributed by atoms with Crippen molar-refractivity contribution in [2.75, 3.05) is 13.1 Å². The number of carbonyl (C=O) groups excluding carboxylic acids is 1. The smallest absolute Gasteiger partial charge is 0.308 e. The first-order valence-electron chi connectivity index (χ1n) is 5.75. The second-order valence-corrected chi connectivity index (χ2v) is 4.32. The summed E-state index contributed by atoms with van der Waals surface area (Å²) in [5, 5.41) is 12.9. The number of carboxylic acid groups (broad SMARTS) is 1. The van der Waals surface area contributed by atoms with Crippen LogP contribution in [0.3, 0.4) is 0 Å². The predicted octanol–water partition coefficient (Wildman–Crippen LogP) is 0.366. The van der Waals surface area contributed by atoms with E-state index < -0.39 is 11.9 Å². The first kappa shape index (κ1) is 12.3. The van der Waals surface area contributed by atoms with Crippen molar-refractivity contribution in [3.63, 3.8) is 0 Å². The molecule has 6 heteroatoms. The van der Waals surface area contributed by atoms with Crippen LogP contribution in [0.4, 0.5) is 0 Å². The SMILES string of the molecule is Cn1nccc1/C=C/C(=O)N1CCC(C(=O)O)C1. The number of aryl methyl sites for hydroxylation is 1. The highest BCUT2D eigenvalue weighted by molar-refractivity contribution is 5.92. The van der Waals surface area contributed by atoms with E-state index in [2.05, 4.69) is 5.10 Å². The maximum atomic E-state index is 11.8. The van der Waals surface area contributed by atoms with Gasteiger partial charge in [-0.3, -0.25) is 14.3 Å². The summed E-state index contributed by atoms with van der Waals surface area (Å²) in [7, 11) is 1.79. The standard InChI is InChI=1S/C12H15N3O3/c1-14-10(4-6-13-14)2-3-11(16)15-7-5-9(8-15)12(17)18/h2-4,6,9H,5,7-8H2,1H3,(H,17,18)/b3-2+. The molecule has 0 radical (unpaired) electrons. The topological polar surface area (TPSA) is 75.4 Å². The van der Waals surface area contributed by atoms with E-state index in [0.717, 1.165) is 5.69 Å². The van der Waals surface area contributed by atoms with E-state index in [0.29, 0.717) is 19.5 Å². The zero-order valence-corrected chi connectivity index (χ0v) is 10.1. The van der Waals surface area contributed by atoms with Crippen molar-refractivity contribution < 1.29 is 14.7 Å². The van der Waals surface area contributed by atoms with Crippen LogP contribution in [0.25, 0.3) is 6.08 Å². The molecule has 2 heterocycles. The number of carbonyl (C=O) groups is 2. The van der Waals surface area contributed by atoms with Crippen molar-refractivity contribution in [3.05, 3.63) is 24.0 Å². The molecule has 1 aliphatic heterocycles. The third-order valence-electron chi connectivity index (χ3n) is 3.10. The monoisotopic (exact) mass is 249 g/mol. The Labute approximate surface area is 105 Å². The summed E-state index contributed by atoms with van der Waals surface area (Å²) in [6, 6.07) is 1.80. The van der Waals surface area contributed by atoms with Crippen LogP contribution in [0, 0.1) is 5.92 Å². The van der Waals surface area contributed by atoms with Gasteiger partial charge < -0.3 is 10.0 Å². The van der Waals surface area contributed by atoms with E-state index in [1.54, 1.807) is 35.0 Å². The Morgan fingerprint density at radius 1 is 1.56 bits per heavy atom. The molecule has 1 saturated heterocycles. The number of rotatable bonds is 3. The first-order chi connectivity index (χ1) is 8.58. The molecule has 0 saturated carbocycles. The summed E-state index contributed by atoms with van der Waals surface area (Å²) >= 11 is 0. The van der Waals surface area contributed by atoms with E-state index in [1.807, 2.05) is 0 Å². The lowest BCUT2D eigenvalue weighted by Gasteiger charge is -2.12.